The Morgan fingerprint density at radius 1 is 1.50 bits per heavy atom. The molecule has 1 N–H and O–H groups in total. The fourth-order valence-corrected chi connectivity index (χ4v) is 1.27. The van der Waals surface area contributed by atoms with Crippen LogP contribution in [0.5, 0.6) is 0 Å². The molecular formula is C5H12ClNO2S. The molecule has 5 heteroatoms. The fraction of sp³-hybridized carbons (Fsp3) is 1.00. The number of alkyl halides is 1. The lowest BCUT2D eigenvalue weighted by atomic mass is 10.6. The van der Waals surface area contributed by atoms with Gasteiger partial charge in [0.25, 0.3) is 0 Å². The summed E-state index contributed by atoms with van der Waals surface area (Å²) in [6.45, 7) is 3.55. The maximum absolute atomic E-state index is 10.9. The Balaban J connectivity index is 3.90. The molecule has 0 spiro atoms. The predicted octanol–water partition coefficient (Wildman–Crippen LogP) is 0.553. The van der Waals surface area contributed by atoms with Crippen molar-refractivity contribution in [2.24, 2.45) is 0 Å². The molecule has 0 saturated carbocycles. The first kappa shape index (κ1) is 10.2. The normalized spacial score (nSPS) is 12.4. The van der Waals surface area contributed by atoms with Crippen molar-refractivity contribution in [1.82, 2.24) is 4.72 Å². The number of hydrogen-bond donors (Lipinski definition) is 1. The van der Waals surface area contributed by atoms with Crippen molar-refractivity contribution in [1.29, 1.82) is 0 Å². The fourth-order valence-electron chi connectivity index (χ4n) is 0.348. The SMILES string of the molecule is CC(C)S(=O)(=O)NCCCl. The van der Waals surface area contributed by atoms with Gasteiger partial charge in [0.05, 0.1) is 5.25 Å². The van der Waals surface area contributed by atoms with Gasteiger partial charge in [-0.1, -0.05) is 0 Å². The molecule has 62 valence electrons. The molecule has 0 unspecified atom stereocenters. The molecule has 0 atom stereocenters. The Hall–Kier alpha value is 0.200. The molecule has 3 nitrogen and oxygen atoms in total. The van der Waals surface area contributed by atoms with Crippen LogP contribution >= 0.6 is 11.6 Å². The molecule has 0 amide bonds. The molecule has 0 aliphatic carbocycles. The monoisotopic (exact) mass is 185 g/mol. The van der Waals surface area contributed by atoms with Crippen LogP contribution in [0.4, 0.5) is 0 Å². The van der Waals surface area contributed by atoms with Crippen LogP contribution in [0.25, 0.3) is 0 Å². The second-order valence-electron chi connectivity index (χ2n) is 2.18. The topological polar surface area (TPSA) is 46.2 Å². The summed E-state index contributed by atoms with van der Waals surface area (Å²) in [6, 6.07) is 0. The third kappa shape index (κ3) is 3.39. The van der Waals surface area contributed by atoms with Crippen LogP contribution in [-0.2, 0) is 10.0 Å². The van der Waals surface area contributed by atoms with E-state index in [4.69, 9.17) is 11.6 Å². The molecule has 0 saturated heterocycles. The highest BCUT2D eigenvalue weighted by atomic mass is 35.5. The lowest BCUT2D eigenvalue weighted by Crippen LogP contribution is -2.32. The van der Waals surface area contributed by atoms with Gasteiger partial charge in [-0.3, -0.25) is 0 Å². The van der Waals surface area contributed by atoms with Crippen molar-refractivity contribution >= 4 is 21.6 Å². The van der Waals surface area contributed by atoms with Gasteiger partial charge in [-0.2, -0.15) is 0 Å². The molecule has 10 heavy (non-hydrogen) atoms. The lowest BCUT2D eigenvalue weighted by Gasteiger charge is -2.06. The Labute approximate surface area is 66.8 Å². The largest absolute Gasteiger partial charge is 0.214 e. The van der Waals surface area contributed by atoms with Crippen LogP contribution in [-0.4, -0.2) is 26.1 Å². The predicted molar refractivity (Wildman–Crippen MR) is 42.8 cm³/mol. The van der Waals surface area contributed by atoms with Gasteiger partial charge < -0.3 is 0 Å². The summed E-state index contributed by atoms with van der Waals surface area (Å²) < 4.78 is 24.2. The molecule has 0 aromatic heterocycles. The first-order valence-corrected chi connectivity index (χ1v) is 5.13. The smallest absolute Gasteiger partial charge is 0.213 e. The number of halogens is 1. The van der Waals surface area contributed by atoms with Crippen LogP contribution < -0.4 is 4.72 Å². The molecule has 0 aromatic rings. The third-order valence-corrected chi connectivity index (χ3v) is 3.06. The maximum atomic E-state index is 10.9. The van der Waals surface area contributed by atoms with Crippen molar-refractivity contribution in [3.63, 3.8) is 0 Å². The molecule has 0 radical (unpaired) electrons. The molecule has 0 fully saturated rings. The average Bonchev–Trinajstić information content (AvgIpc) is 1.84. The first-order chi connectivity index (χ1) is 4.50. The zero-order valence-electron chi connectivity index (χ0n) is 6.09. The quantitative estimate of drug-likeness (QED) is 0.651. The third-order valence-electron chi connectivity index (χ3n) is 1.02. The summed E-state index contributed by atoms with van der Waals surface area (Å²) in [4.78, 5) is 0. The van der Waals surface area contributed by atoms with E-state index in [1.165, 1.54) is 0 Å². The van der Waals surface area contributed by atoms with Crippen LogP contribution in [0, 0.1) is 0 Å². The van der Waals surface area contributed by atoms with E-state index in [-0.39, 0.29) is 5.25 Å². The van der Waals surface area contributed by atoms with Crippen molar-refractivity contribution in [3.8, 4) is 0 Å². The van der Waals surface area contributed by atoms with E-state index < -0.39 is 10.0 Å². The van der Waals surface area contributed by atoms with E-state index in [0.717, 1.165) is 0 Å². The van der Waals surface area contributed by atoms with Crippen LogP contribution in [0.2, 0.25) is 0 Å². The Morgan fingerprint density at radius 3 is 2.30 bits per heavy atom. The number of rotatable bonds is 4. The van der Waals surface area contributed by atoms with Crippen LogP contribution in [0.15, 0.2) is 0 Å². The van der Waals surface area contributed by atoms with Crippen LogP contribution in [0.3, 0.4) is 0 Å². The van der Waals surface area contributed by atoms with E-state index in [1.807, 2.05) is 0 Å². The summed E-state index contributed by atoms with van der Waals surface area (Å²) in [6.07, 6.45) is 0. The van der Waals surface area contributed by atoms with Crippen molar-refractivity contribution in [3.05, 3.63) is 0 Å². The second kappa shape index (κ2) is 4.16. The van der Waals surface area contributed by atoms with E-state index in [1.54, 1.807) is 13.8 Å². The molecule has 0 aliphatic rings. The zero-order valence-corrected chi connectivity index (χ0v) is 7.67. The summed E-state index contributed by atoms with van der Waals surface area (Å²) in [5.41, 5.74) is 0. The van der Waals surface area contributed by atoms with Gasteiger partial charge in [-0.15, -0.1) is 11.6 Å². The summed E-state index contributed by atoms with van der Waals surface area (Å²) in [7, 11) is -3.09. The van der Waals surface area contributed by atoms with Gasteiger partial charge >= 0.3 is 0 Å². The van der Waals surface area contributed by atoms with Gasteiger partial charge in [-0.05, 0) is 13.8 Å². The van der Waals surface area contributed by atoms with E-state index in [2.05, 4.69) is 4.72 Å². The lowest BCUT2D eigenvalue weighted by molar-refractivity contribution is 0.575. The minimum Gasteiger partial charge on any atom is -0.214 e. The minimum absolute atomic E-state index is 0.308. The Morgan fingerprint density at radius 2 is 2.00 bits per heavy atom. The van der Waals surface area contributed by atoms with Gasteiger partial charge in [-0.25, -0.2) is 13.1 Å². The zero-order chi connectivity index (χ0) is 8.20. The number of hydrogen-bond acceptors (Lipinski definition) is 2. The molecule has 0 rings (SSSR count). The molecule has 0 aromatic carbocycles. The summed E-state index contributed by atoms with van der Waals surface area (Å²) in [5.74, 6) is 0.311. The maximum Gasteiger partial charge on any atom is 0.213 e. The summed E-state index contributed by atoms with van der Waals surface area (Å²) >= 11 is 5.29. The highest BCUT2D eigenvalue weighted by Gasteiger charge is 2.13. The van der Waals surface area contributed by atoms with E-state index >= 15 is 0 Å². The number of nitrogens with one attached hydrogen (secondary N) is 1. The van der Waals surface area contributed by atoms with E-state index in [9.17, 15) is 8.42 Å². The molecule has 0 heterocycles. The van der Waals surface area contributed by atoms with Gasteiger partial charge in [0, 0.05) is 12.4 Å². The van der Waals surface area contributed by atoms with Crippen molar-refractivity contribution in [2.45, 2.75) is 19.1 Å². The average molecular weight is 186 g/mol. The first-order valence-electron chi connectivity index (χ1n) is 3.05. The Kier molecular flexibility index (Phi) is 4.24. The molecule has 0 aliphatic heterocycles. The van der Waals surface area contributed by atoms with Crippen molar-refractivity contribution in [2.75, 3.05) is 12.4 Å². The van der Waals surface area contributed by atoms with Crippen LogP contribution in [0.1, 0.15) is 13.8 Å². The minimum atomic E-state index is -3.09. The van der Waals surface area contributed by atoms with Gasteiger partial charge in [0.2, 0.25) is 10.0 Å². The van der Waals surface area contributed by atoms with Gasteiger partial charge in [0.1, 0.15) is 0 Å². The number of sulfonamides is 1. The van der Waals surface area contributed by atoms with E-state index in [0.29, 0.717) is 12.4 Å². The molecular weight excluding hydrogens is 174 g/mol. The van der Waals surface area contributed by atoms with Gasteiger partial charge in [0.15, 0.2) is 0 Å². The Bertz CT molecular complexity index is 176. The second-order valence-corrected chi connectivity index (χ2v) is 4.88. The molecule has 0 bridgehead atoms. The standard InChI is InChI=1S/C5H12ClNO2S/c1-5(2)10(8,9)7-4-3-6/h5,7H,3-4H2,1-2H3. The highest BCUT2D eigenvalue weighted by Crippen LogP contribution is 1.94. The van der Waals surface area contributed by atoms with Crippen molar-refractivity contribution < 1.29 is 8.42 Å². The highest BCUT2D eigenvalue weighted by molar-refractivity contribution is 7.90. The summed E-state index contributed by atoms with van der Waals surface area (Å²) in [5, 5.41) is -0.379.